The van der Waals surface area contributed by atoms with Crippen LogP contribution in [0.5, 0.6) is 0 Å². The highest BCUT2D eigenvalue weighted by atomic mass is 16.5. The molecule has 2 aromatic rings. The van der Waals surface area contributed by atoms with Crippen LogP contribution < -0.4 is 4.90 Å². The Morgan fingerprint density at radius 3 is 2.54 bits per heavy atom. The van der Waals surface area contributed by atoms with Crippen molar-refractivity contribution >= 4 is 23.3 Å². The van der Waals surface area contributed by atoms with Gasteiger partial charge in [0, 0.05) is 11.1 Å². The monoisotopic (exact) mass is 381 g/mol. The Kier molecular flexibility index (Phi) is 5.34. The Labute approximate surface area is 163 Å². The number of rotatable bonds is 6. The summed E-state index contributed by atoms with van der Waals surface area (Å²) in [6.45, 7) is 5.30. The van der Waals surface area contributed by atoms with Crippen molar-refractivity contribution in [1.29, 1.82) is 0 Å². The molecule has 146 valence electrons. The van der Waals surface area contributed by atoms with Gasteiger partial charge < -0.3 is 9.84 Å². The van der Waals surface area contributed by atoms with Crippen molar-refractivity contribution < 1.29 is 24.2 Å². The molecule has 0 bridgehead atoms. The highest BCUT2D eigenvalue weighted by Gasteiger charge is 2.51. The molecule has 6 heteroatoms. The molecule has 0 aromatic heterocycles. The number of ketones is 1. The number of fused-ring (bicyclic) bond motifs is 1. The maximum absolute atomic E-state index is 13.0. The fourth-order valence-electron chi connectivity index (χ4n) is 3.62. The van der Waals surface area contributed by atoms with Crippen molar-refractivity contribution in [3.8, 4) is 0 Å². The molecule has 1 aliphatic rings. The van der Waals surface area contributed by atoms with E-state index in [0.29, 0.717) is 16.8 Å². The van der Waals surface area contributed by atoms with Gasteiger partial charge in [0.15, 0.2) is 11.4 Å². The largest absolute Gasteiger partial charge is 0.465 e. The van der Waals surface area contributed by atoms with Gasteiger partial charge in [-0.3, -0.25) is 19.3 Å². The number of carbonyl (C=O) groups is 3. The average Bonchev–Trinajstić information content (AvgIpc) is 2.84. The zero-order chi connectivity index (χ0) is 20.5. The summed E-state index contributed by atoms with van der Waals surface area (Å²) < 4.78 is 4.93. The maximum Gasteiger partial charge on any atom is 0.326 e. The molecule has 2 aromatic carbocycles. The summed E-state index contributed by atoms with van der Waals surface area (Å²) in [6.07, 6.45) is -0.397. The number of benzene rings is 2. The number of hydrogen-bond donors (Lipinski definition) is 1. The molecule has 0 spiro atoms. The van der Waals surface area contributed by atoms with Gasteiger partial charge in [-0.25, -0.2) is 0 Å². The number of anilines is 1. The van der Waals surface area contributed by atoms with E-state index in [1.54, 1.807) is 37.3 Å². The van der Waals surface area contributed by atoms with Gasteiger partial charge in [0.25, 0.3) is 5.91 Å². The summed E-state index contributed by atoms with van der Waals surface area (Å²) in [4.78, 5) is 39.1. The number of ether oxygens (including phenoxy) is 1. The molecule has 6 nitrogen and oxygen atoms in total. The van der Waals surface area contributed by atoms with Crippen molar-refractivity contribution in [3.05, 3.63) is 64.7 Å². The lowest BCUT2D eigenvalue weighted by Gasteiger charge is -2.22. The molecule has 28 heavy (non-hydrogen) atoms. The van der Waals surface area contributed by atoms with E-state index in [1.165, 1.54) is 4.90 Å². The number of aliphatic hydroxyl groups is 1. The minimum absolute atomic E-state index is 0.192. The zero-order valence-corrected chi connectivity index (χ0v) is 16.2. The van der Waals surface area contributed by atoms with Crippen molar-refractivity contribution in [3.63, 3.8) is 0 Å². The van der Waals surface area contributed by atoms with Crippen LogP contribution in [0.1, 0.15) is 40.4 Å². The predicted octanol–water partition coefficient (Wildman–Crippen LogP) is 2.67. The van der Waals surface area contributed by atoms with Crippen molar-refractivity contribution in [2.75, 3.05) is 18.1 Å². The summed E-state index contributed by atoms with van der Waals surface area (Å²) in [6, 6.07) is 12.1. The van der Waals surface area contributed by atoms with E-state index in [0.717, 1.165) is 11.1 Å². The highest BCUT2D eigenvalue weighted by Crippen LogP contribution is 2.42. The second-order valence-corrected chi connectivity index (χ2v) is 6.99. The lowest BCUT2D eigenvalue weighted by molar-refractivity contribution is -0.144. The Morgan fingerprint density at radius 1 is 1.14 bits per heavy atom. The number of esters is 1. The summed E-state index contributed by atoms with van der Waals surface area (Å²) in [5.41, 5.74) is 0.996. The third-order valence-corrected chi connectivity index (χ3v) is 4.93. The molecule has 0 fully saturated rings. The van der Waals surface area contributed by atoms with E-state index >= 15 is 0 Å². The fourth-order valence-corrected chi connectivity index (χ4v) is 3.62. The van der Waals surface area contributed by atoms with Gasteiger partial charge >= 0.3 is 5.97 Å². The minimum atomic E-state index is -2.02. The molecular weight excluding hydrogens is 358 g/mol. The van der Waals surface area contributed by atoms with Gasteiger partial charge in [-0.2, -0.15) is 0 Å². The van der Waals surface area contributed by atoms with Crippen LogP contribution in [-0.2, 0) is 19.9 Å². The third-order valence-electron chi connectivity index (χ3n) is 4.93. The van der Waals surface area contributed by atoms with E-state index in [1.807, 2.05) is 26.0 Å². The normalized spacial score (nSPS) is 18.1. The number of para-hydroxylation sites is 1. The fraction of sp³-hybridized carbons (Fsp3) is 0.318. The van der Waals surface area contributed by atoms with Crippen LogP contribution in [0.3, 0.4) is 0 Å². The number of amides is 1. The molecule has 0 aliphatic carbocycles. The van der Waals surface area contributed by atoms with Crippen molar-refractivity contribution in [1.82, 2.24) is 0 Å². The Morgan fingerprint density at radius 2 is 1.86 bits per heavy atom. The second-order valence-electron chi connectivity index (χ2n) is 6.99. The molecule has 0 saturated carbocycles. The van der Waals surface area contributed by atoms with Gasteiger partial charge in [-0.05, 0) is 32.4 Å². The van der Waals surface area contributed by atoms with Crippen molar-refractivity contribution in [2.45, 2.75) is 32.8 Å². The molecule has 0 unspecified atom stereocenters. The van der Waals surface area contributed by atoms with E-state index in [-0.39, 0.29) is 18.9 Å². The quantitative estimate of drug-likeness (QED) is 0.614. The van der Waals surface area contributed by atoms with Gasteiger partial charge in [0.05, 0.1) is 18.7 Å². The zero-order valence-electron chi connectivity index (χ0n) is 16.2. The first-order chi connectivity index (χ1) is 13.3. The summed E-state index contributed by atoms with van der Waals surface area (Å²) in [5.74, 6) is -1.60. The highest BCUT2D eigenvalue weighted by molar-refractivity contribution is 6.12. The van der Waals surface area contributed by atoms with Gasteiger partial charge in [-0.1, -0.05) is 42.0 Å². The number of aryl methyl sites for hydroxylation is 2. The molecule has 1 N–H and O–H groups in total. The lowest BCUT2D eigenvalue weighted by Crippen LogP contribution is -2.44. The average molecular weight is 381 g/mol. The molecule has 0 saturated heterocycles. The topological polar surface area (TPSA) is 83.9 Å². The standard InChI is InChI=1S/C22H23NO5/c1-4-28-20(25)13-23-18-8-6-5-7-17(18)22(27,21(23)26)12-19(24)16-10-9-14(2)11-15(16)3/h5-11,27H,4,12-13H2,1-3H3/t22-/m1/s1. The van der Waals surface area contributed by atoms with Crippen LogP contribution in [0.15, 0.2) is 42.5 Å². The lowest BCUT2D eigenvalue weighted by atomic mass is 9.87. The number of carbonyl (C=O) groups excluding carboxylic acids is 3. The van der Waals surface area contributed by atoms with Crippen LogP contribution >= 0.6 is 0 Å². The number of nitrogens with zero attached hydrogens (tertiary/aromatic N) is 1. The first kappa shape index (κ1) is 19.8. The first-order valence-electron chi connectivity index (χ1n) is 9.18. The van der Waals surface area contributed by atoms with Crippen LogP contribution in [0.2, 0.25) is 0 Å². The SMILES string of the molecule is CCOC(=O)CN1C(=O)[C@@](O)(CC(=O)c2ccc(C)cc2C)c2ccccc21. The Balaban J connectivity index is 1.94. The molecule has 0 radical (unpaired) electrons. The van der Waals surface area contributed by atoms with Gasteiger partial charge in [-0.15, -0.1) is 0 Å². The molecule has 3 rings (SSSR count). The predicted molar refractivity (Wildman–Crippen MR) is 104 cm³/mol. The first-order valence-corrected chi connectivity index (χ1v) is 9.18. The molecule has 1 aliphatic heterocycles. The molecular formula is C22H23NO5. The van der Waals surface area contributed by atoms with Crippen LogP contribution in [-0.4, -0.2) is 35.9 Å². The maximum atomic E-state index is 13.0. The number of hydrogen-bond acceptors (Lipinski definition) is 5. The summed E-state index contributed by atoms with van der Waals surface area (Å²) >= 11 is 0. The second kappa shape index (κ2) is 7.56. The van der Waals surface area contributed by atoms with E-state index in [4.69, 9.17) is 4.74 Å². The third kappa shape index (κ3) is 3.43. The van der Waals surface area contributed by atoms with E-state index < -0.39 is 23.9 Å². The van der Waals surface area contributed by atoms with E-state index in [9.17, 15) is 19.5 Å². The van der Waals surface area contributed by atoms with E-state index in [2.05, 4.69) is 0 Å². The Bertz CT molecular complexity index is 952. The van der Waals surface area contributed by atoms with Gasteiger partial charge in [0.1, 0.15) is 6.54 Å². The summed E-state index contributed by atoms with van der Waals surface area (Å²) in [5, 5.41) is 11.2. The summed E-state index contributed by atoms with van der Waals surface area (Å²) in [7, 11) is 0. The minimum Gasteiger partial charge on any atom is -0.465 e. The molecule has 1 atom stereocenters. The Hall–Kier alpha value is -2.99. The molecule has 1 amide bonds. The molecule has 1 heterocycles. The number of Topliss-reactive ketones (excluding diaryl/α,β-unsaturated/α-hetero) is 1. The smallest absolute Gasteiger partial charge is 0.326 e. The van der Waals surface area contributed by atoms with Crippen LogP contribution in [0.4, 0.5) is 5.69 Å². The van der Waals surface area contributed by atoms with Crippen LogP contribution in [0, 0.1) is 13.8 Å². The van der Waals surface area contributed by atoms with Gasteiger partial charge in [0.2, 0.25) is 0 Å². The van der Waals surface area contributed by atoms with Crippen molar-refractivity contribution in [2.24, 2.45) is 0 Å². The van der Waals surface area contributed by atoms with Crippen LogP contribution in [0.25, 0.3) is 0 Å².